The Balaban J connectivity index is 2.00. The fourth-order valence-electron chi connectivity index (χ4n) is 2.26. The van der Waals surface area contributed by atoms with Crippen LogP contribution in [0.1, 0.15) is 32.1 Å². The number of rotatable bonds is 1. The maximum Gasteiger partial charge on any atom is 0.0546 e. The Morgan fingerprint density at radius 3 is 2.83 bits per heavy atom. The van der Waals surface area contributed by atoms with Crippen LogP contribution < -0.4 is 0 Å². The Kier molecular flexibility index (Phi) is 2.31. The lowest BCUT2D eigenvalue weighted by atomic mass is 9.91. The van der Waals surface area contributed by atoms with Gasteiger partial charge in [0.15, 0.2) is 0 Å². The SMILES string of the molecule is OC1CCC(C2=CC=CCC2)C1. The van der Waals surface area contributed by atoms with Crippen molar-refractivity contribution in [3.05, 3.63) is 23.8 Å². The van der Waals surface area contributed by atoms with Crippen LogP contribution in [-0.2, 0) is 0 Å². The van der Waals surface area contributed by atoms with E-state index in [2.05, 4.69) is 18.2 Å². The van der Waals surface area contributed by atoms with Crippen molar-refractivity contribution >= 4 is 0 Å². The lowest BCUT2D eigenvalue weighted by Gasteiger charge is -2.15. The van der Waals surface area contributed by atoms with Crippen LogP contribution in [0, 0.1) is 5.92 Å². The van der Waals surface area contributed by atoms with E-state index in [0.717, 1.165) is 12.8 Å². The van der Waals surface area contributed by atoms with Gasteiger partial charge in [0.05, 0.1) is 6.10 Å². The van der Waals surface area contributed by atoms with Crippen molar-refractivity contribution in [3.63, 3.8) is 0 Å². The van der Waals surface area contributed by atoms with Crippen LogP contribution in [0.5, 0.6) is 0 Å². The second kappa shape index (κ2) is 3.44. The molecule has 1 fully saturated rings. The molecule has 1 nitrogen and oxygen atoms in total. The molecule has 1 saturated carbocycles. The molecule has 0 amide bonds. The quantitative estimate of drug-likeness (QED) is 0.631. The monoisotopic (exact) mass is 164 g/mol. The summed E-state index contributed by atoms with van der Waals surface area (Å²) < 4.78 is 0. The van der Waals surface area contributed by atoms with Gasteiger partial charge in [-0.3, -0.25) is 0 Å². The Hall–Kier alpha value is -0.560. The highest BCUT2D eigenvalue weighted by atomic mass is 16.3. The molecule has 0 aromatic rings. The van der Waals surface area contributed by atoms with E-state index < -0.39 is 0 Å². The topological polar surface area (TPSA) is 20.2 Å². The molecule has 2 atom stereocenters. The molecule has 1 heteroatoms. The van der Waals surface area contributed by atoms with Crippen LogP contribution in [0.25, 0.3) is 0 Å². The number of allylic oxidation sites excluding steroid dienone is 4. The first-order chi connectivity index (χ1) is 5.86. The van der Waals surface area contributed by atoms with Crippen molar-refractivity contribution in [1.29, 1.82) is 0 Å². The van der Waals surface area contributed by atoms with E-state index in [1.807, 2.05) is 0 Å². The van der Waals surface area contributed by atoms with Gasteiger partial charge >= 0.3 is 0 Å². The highest BCUT2D eigenvalue weighted by molar-refractivity contribution is 5.20. The van der Waals surface area contributed by atoms with Gasteiger partial charge < -0.3 is 5.11 Å². The van der Waals surface area contributed by atoms with Crippen molar-refractivity contribution in [2.75, 3.05) is 0 Å². The predicted octanol–water partition coefficient (Wildman–Crippen LogP) is 2.42. The van der Waals surface area contributed by atoms with E-state index in [4.69, 9.17) is 0 Å². The Labute approximate surface area is 73.8 Å². The number of aliphatic hydroxyl groups is 1. The van der Waals surface area contributed by atoms with Gasteiger partial charge in [0.1, 0.15) is 0 Å². The van der Waals surface area contributed by atoms with E-state index >= 15 is 0 Å². The van der Waals surface area contributed by atoms with Gasteiger partial charge in [-0.25, -0.2) is 0 Å². The summed E-state index contributed by atoms with van der Waals surface area (Å²) in [5, 5.41) is 9.38. The Morgan fingerprint density at radius 1 is 1.33 bits per heavy atom. The summed E-state index contributed by atoms with van der Waals surface area (Å²) in [6.07, 6.45) is 12.2. The van der Waals surface area contributed by atoms with Crippen LogP contribution in [0.3, 0.4) is 0 Å². The second-order valence-corrected chi connectivity index (χ2v) is 3.87. The standard InChI is InChI=1S/C11H16O/c12-11-7-6-10(8-11)9-4-2-1-3-5-9/h1-2,4,10-12H,3,5-8H2. The van der Waals surface area contributed by atoms with Gasteiger partial charge in [-0.1, -0.05) is 23.8 Å². The van der Waals surface area contributed by atoms with Gasteiger partial charge in [-0.2, -0.15) is 0 Å². The zero-order valence-electron chi connectivity index (χ0n) is 7.37. The molecular formula is C11H16O. The molecular weight excluding hydrogens is 148 g/mol. The summed E-state index contributed by atoms with van der Waals surface area (Å²) >= 11 is 0. The first kappa shape index (κ1) is 8.06. The van der Waals surface area contributed by atoms with E-state index in [-0.39, 0.29) is 6.10 Å². The third-order valence-electron chi connectivity index (χ3n) is 2.98. The molecule has 0 spiro atoms. The minimum Gasteiger partial charge on any atom is -0.393 e. The third kappa shape index (κ3) is 1.61. The number of hydrogen-bond donors (Lipinski definition) is 1. The van der Waals surface area contributed by atoms with Crippen LogP contribution in [0.4, 0.5) is 0 Å². The van der Waals surface area contributed by atoms with E-state index in [1.165, 1.54) is 19.3 Å². The molecule has 66 valence electrons. The van der Waals surface area contributed by atoms with Crippen molar-refractivity contribution in [3.8, 4) is 0 Å². The van der Waals surface area contributed by atoms with Gasteiger partial charge in [0, 0.05) is 0 Å². The molecule has 2 aliphatic rings. The fourth-order valence-corrected chi connectivity index (χ4v) is 2.26. The molecule has 0 saturated heterocycles. The van der Waals surface area contributed by atoms with E-state index in [9.17, 15) is 5.11 Å². The van der Waals surface area contributed by atoms with E-state index in [1.54, 1.807) is 5.57 Å². The van der Waals surface area contributed by atoms with Crippen molar-refractivity contribution in [1.82, 2.24) is 0 Å². The molecule has 2 aliphatic carbocycles. The Morgan fingerprint density at radius 2 is 2.25 bits per heavy atom. The lowest BCUT2D eigenvalue weighted by molar-refractivity contribution is 0.179. The number of aliphatic hydroxyl groups excluding tert-OH is 1. The van der Waals surface area contributed by atoms with Gasteiger partial charge in [-0.05, 0) is 38.0 Å². The molecule has 12 heavy (non-hydrogen) atoms. The van der Waals surface area contributed by atoms with Crippen LogP contribution in [-0.4, -0.2) is 11.2 Å². The van der Waals surface area contributed by atoms with Crippen LogP contribution >= 0.6 is 0 Å². The first-order valence-corrected chi connectivity index (χ1v) is 4.90. The molecule has 0 aromatic carbocycles. The summed E-state index contributed by atoms with van der Waals surface area (Å²) in [5.74, 6) is 0.685. The second-order valence-electron chi connectivity index (χ2n) is 3.87. The Bertz CT molecular complexity index is 215. The lowest BCUT2D eigenvalue weighted by Crippen LogP contribution is -2.04. The van der Waals surface area contributed by atoms with Gasteiger partial charge in [0.2, 0.25) is 0 Å². The molecule has 2 unspecified atom stereocenters. The molecule has 0 bridgehead atoms. The summed E-state index contributed by atoms with van der Waals surface area (Å²) in [6.45, 7) is 0. The molecule has 0 heterocycles. The molecule has 2 rings (SSSR count). The predicted molar refractivity (Wildman–Crippen MR) is 49.8 cm³/mol. The largest absolute Gasteiger partial charge is 0.393 e. The number of hydrogen-bond acceptors (Lipinski definition) is 1. The molecule has 0 radical (unpaired) electrons. The minimum atomic E-state index is -0.0261. The summed E-state index contributed by atoms with van der Waals surface area (Å²) in [5.41, 5.74) is 1.56. The van der Waals surface area contributed by atoms with Crippen LogP contribution in [0.2, 0.25) is 0 Å². The average molecular weight is 164 g/mol. The highest BCUT2D eigenvalue weighted by Crippen LogP contribution is 2.34. The average Bonchev–Trinajstić information content (AvgIpc) is 2.54. The van der Waals surface area contributed by atoms with Gasteiger partial charge in [0.25, 0.3) is 0 Å². The van der Waals surface area contributed by atoms with Gasteiger partial charge in [-0.15, -0.1) is 0 Å². The maximum atomic E-state index is 9.38. The first-order valence-electron chi connectivity index (χ1n) is 4.90. The summed E-state index contributed by atoms with van der Waals surface area (Å²) in [7, 11) is 0. The van der Waals surface area contributed by atoms with Crippen molar-refractivity contribution in [2.45, 2.75) is 38.2 Å². The fraction of sp³-hybridized carbons (Fsp3) is 0.636. The maximum absolute atomic E-state index is 9.38. The summed E-state index contributed by atoms with van der Waals surface area (Å²) in [6, 6.07) is 0. The smallest absolute Gasteiger partial charge is 0.0546 e. The summed E-state index contributed by atoms with van der Waals surface area (Å²) in [4.78, 5) is 0. The molecule has 0 aliphatic heterocycles. The normalized spacial score (nSPS) is 35.2. The zero-order valence-corrected chi connectivity index (χ0v) is 7.37. The van der Waals surface area contributed by atoms with Crippen molar-refractivity contribution < 1.29 is 5.11 Å². The minimum absolute atomic E-state index is 0.0261. The zero-order chi connectivity index (χ0) is 8.39. The highest BCUT2D eigenvalue weighted by Gasteiger charge is 2.25. The van der Waals surface area contributed by atoms with E-state index in [0.29, 0.717) is 5.92 Å². The molecule has 1 N–H and O–H groups in total. The third-order valence-corrected chi connectivity index (χ3v) is 2.98. The molecule has 0 aromatic heterocycles. The van der Waals surface area contributed by atoms with Crippen LogP contribution in [0.15, 0.2) is 23.8 Å². The van der Waals surface area contributed by atoms with Crippen molar-refractivity contribution in [2.24, 2.45) is 5.92 Å².